The summed E-state index contributed by atoms with van der Waals surface area (Å²) in [6.45, 7) is 7.39. The molecule has 20 heavy (non-hydrogen) atoms. The summed E-state index contributed by atoms with van der Waals surface area (Å²) < 4.78 is 5.71. The molecule has 1 heterocycles. The number of hydrogen-bond donors (Lipinski definition) is 0. The van der Waals surface area contributed by atoms with Crippen molar-refractivity contribution in [2.75, 3.05) is 19.7 Å². The topological polar surface area (TPSA) is 24.8 Å². The average Bonchev–Trinajstić information content (AvgIpc) is 2.47. The Morgan fingerprint density at radius 3 is 2.50 bits per heavy atom. The number of hydrazone groups is 1. The van der Waals surface area contributed by atoms with Crippen LogP contribution in [0.5, 0.6) is 5.75 Å². The smallest absolute Gasteiger partial charge is 0.119 e. The Bertz CT molecular complexity index is 406. The molecule has 0 saturated carbocycles. The van der Waals surface area contributed by atoms with Crippen LogP contribution >= 0.6 is 0 Å². The maximum absolute atomic E-state index is 5.71. The molecular formula is C17H26N2O. The molecule has 1 aliphatic rings. The lowest BCUT2D eigenvalue weighted by atomic mass is 10.1. The first-order valence-corrected chi connectivity index (χ1v) is 7.76. The van der Waals surface area contributed by atoms with Crippen molar-refractivity contribution in [3.8, 4) is 5.75 Å². The highest BCUT2D eigenvalue weighted by atomic mass is 16.5. The quantitative estimate of drug-likeness (QED) is 0.734. The van der Waals surface area contributed by atoms with E-state index in [-0.39, 0.29) is 0 Å². The molecule has 0 bridgehead atoms. The van der Waals surface area contributed by atoms with E-state index in [0.717, 1.165) is 37.4 Å². The largest absolute Gasteiger partial charge is 0.494 e. The van der Waals surface area contributed by atoms with Crippen LogP contribution in [0, 0.1) is 5.92 Å². The van der Waals surface area contributed by atoms with Gasteiger partial charge in [0.1, 0.15) is 5.75 Å². The first-order chi connectivity index (χ1) is 9.74. The van der Waals surface area contributed by atoms with Gasteiger partial charge < -0.3 is 4.74 Å². The van der Waals surface area contributed by atoms with Gasteiger partial charge in [0.15, 0.2) is 0 Å². The Balaban J connectivity index is 1.80. The second kappa shape index (κ2) is 7.93. The summed E-state index contributed by atoms with van der Waals surface area (Å²) in [5.74, 6) is 1.63. The third-order valence-electron chi connectivity index (χ3n) is 3.55. The van der Waals surface area contributed by atoms with E-state index in [0.29, 0.717) is 5.92 Å². The SMILES string of the molecule is CC(C)CCOc1ccc(C=NN2CCCCC2)cc1. The van der Waals surface area contributed by atoms with E-state index in [1.54, 1.807) is 0 Å². The Labute approximate surface area is 122 Å². The van der Waals surface area contributed by atoms with Crippen molar-refractivity contribution in [3.05, 3.63) is 29.8 Å². The van der Waals surface area contributed by atoms with Gasteiger partial charge in [0, 0.05) is 13.1 Å². The zero-order valence-electron chi connectivity index (χ0n) is 12.7. The molecule has 1 aromatic carbocycles. The highest BCUT2D eigenvalue weighted by Crippen LogP contribution is 2.13. The van der Waals surface area contributed by atoms with Crippen LogP contribution in [0.4, 0.5) is 0 Å². The van der Waals surface area contributed by atoms with Gasteiger partial charge in [-0.2, -0.15) is 5.10 Å². The molecule has 0 amide bonds. The fourth-order valence-electron chi connectivity index (χ4n) is 2.20. The Morgan fingerprint density at radius 2 is 1.85 bits per heavy atom. The van der Waals surface area contributed by atoms with E-state index in [1.807, 2.05) is 18.3 Å². The summed E-state index contributed by atoms with van der Waals surface area (Å²) in [5, 5.41) is 6.70. The van der Waals surface area contributed by atoms with Gasteiger partial charge in [0.25, 0.3) is 0 Å². The van der Waals surface area contributed by atoms with E-state index in [2.05, 4.69) is 36.1 Å². The minimum atomic E-state index is 0.686. The van der Waals surface area contributed by atoms with Gasteiger partial charge in [-0.15, -0.1) is 0 Å². The molecule has 0 unspecified atom stereocenters. The van der Waals surface area contributed by atoms with Crippen molar-refractivity contribution in [1.29, 1.82) is 0 Å². The lowest BCUT2D eigenvalue weighted by Gasteiger charge is -2.23. The zero-order chi connectivity index (χ0) is 14.2. The predicted molar refractivity (Wildman–Crippen MR) is 84.4 cm³/mol. The minimum absolute atomic E-state index is 0.686. The maximum Gasteiger partial charge on any atom is 0.119 e. The number of nitrogens with zero attached hydrogens (tertiary/aromatic N) is 2. The third-order valence-corrected chi connectivity index (χ3v) is 3.55. The number of hydrogen-bond acceptors (Lipinski definition) is 3. The summed E-state index contributed by atoms with van der Waals surface area (Å²) in [4.78, 5) is 0. The Kier molecular flexibility index (Phi) is 5.90. The monoisotopic (exact) mass is 274 g/mol. The van der Waals surface area contributed by atoms with Gasteiger partial charge in [-0.3, -0.25) is 5.01 Å². The molecule has 1 aliphatic heterocycles. The van der Waals surface area contributed by atoms with Crippen LogP contribution < -0.4 is 4.74 Å². The van der Waals surface area contributed by atoms with Crippen molar-refractivity contribution in [2.24, 2.45) is 11.0 Å². The van der Waals surface area contributed by atoms with Gasteiger partial charge in [0.05, 0.1) is 12.8 Å². The molecular weight excluding hydrogens is 248 g/mol. The van der Waals surface area contributed by atoms with E-state index in [1.165, 1.54) is 19.3 Å². The number of benzene rings is 1. The van der Waals surface area contributed by atoms with E-state index in [9.17, 15) is 0 Å². The predicted octanol–water partition coefficient (Wildman–Crippen LogP) is 3.93. The summed E-state index contributed by atoms with van der Waals surface area (Å²) in [5.41, 5.74) is 1.13. The van der Waals surface area contributed by atoms with Gasteiger partial charge in [-0.05, 0) is 61.4 Å². The minimum Gasteiger partial charge on any atom is -0.494 e. The molecule has 1 saturated heterocycles. The molecule has 1 aromatic rings. The first-order valence-electron chi connectivity index (χ1n) is 7.76. The first kappa shape index (κ1) is 14.9. The second-order valence-corrected chi connectivity index (χ2v) is 5.86. The van der Waals surface area contributed by atoms with E-state index < -0.39 is 0 Å². The van der Waals surface area contributed by atoms with E-state index >= 15 is 0 Å². The molecule has 1 fully saturated rings. The van der Waals surface area contributed by atoms with Gasteiger partial charge in [-0.25, -0.2) is 0 Å². The lowest BCUT2D eigenvalue weighted by Crippen LogP contribution is -2.24. The van der Waals surface area contributed by atoms with Crippen LogP contribution in [0.25, 0.3) is 0 Å². The van der Waals surface area contributed by atoms with Gasteiger partial charge >= 0.3 is 0 Å². The zero-order valence-corrected chi connectivity index (χ0v) is 12.7. The van der Waals surface area contributed by atoms with Crippen molar-refractivity contribution in [3.63, 3.8) is 0 Å². The highest BCUT2D eigenvalue weighted by molar-refractivity contribution is 5.79. The molecule has 110 valence electrons. The lowest BCUT2D eigenvalue weighted by molar-refractivity contribution is 0.240. The van der Waals surface area contributed by atoms with Crippen molar-refractivity contribution < 1.29 is 4.74 Å². The van der Waals surface area contributed by atoms with Crippen LogP contribution in [0.1, 0.15) is 45.1 Å². The molecule has 0 N–H and O–H groups in total. The number of rotatable bonds is 6. The standard InChI is InChI=1S/C17H26N2O/c1-15(2)10-13-20-17-8-6-16(7-9-17)14-18-19-11-4-3-5-12-19/h6-9,14-15H,3-5,10-13H2,1-2H3. The van der Waals surface area contributed by atoms with Crippen LogP contribution in [-0.4, -0.2) is 30.9 Å². The fraction of sp³-hybridized carbons (Fsp3) is 0.588. The molecule has 3 nitrogen and oxygen atoms in total. The van der Waals surface area contributed by atoms with Gasteiger partial charge in [0.2, 0.25) is 0 Å². The van der Waals surface area contributed by atoms with Crippen LogP contribution in [-0.2, 0) is 0 Å². The molecule has 0 aromatic heterocycles. The average molecular weight is 274 g/mol. The molecule has 2 rings (SSSR count). The van der Waals surface area contributed by atoms with Gasteiger partial charge in [-0.1, -0.05) is 13.8 Å². The van der Waals surface area contributed by atoms with Crippen molar-refractivity contribution >= 4 is 6.21 Å². The molecule has 0 spiro atoms. The normalized spacial score (nSPS) is 16.1. The van der Waals surface area contributed by atoms with Crippen LogP contribution in [0.3, 0.4) is 0 Å². The highest BCUT2D eigenvalue weighted by Gasteiger charge is 2.06. The number of ether oxygens (including phenoxy) is 1. The van der Waals surface area contributed by atoms with Crippen molar-refractivity contribution in [1.82, 2.24) is 5.01 Å². The Morgan fingerprint density at radius 1 is 1.15 bits per heavy atom. The second-order valence-electron chi connectivity index (χ2n) is 5.86. The number of piperidine rings is 1. The Hall–Kier alpha value is -1.51. The van der Waals surface area contributed by atoms with Crippen LogP contribution in [0.2, 0.25) is 0 Å². The summed E-state index contributed by atoms with van der Waals surface area (Å²) in [6.07, 6.45) is 6.91. The van der Waals surface area contributed by atoms with Crippen molar-refractivity contribution in [2.45, 2.75) is 39.5 Å². The summed E-state index contributed by atoms with van der Waals surface area (Å²) >= 11 is 0. The molecule has 3 heteroatoms. The summed E-state index contributed by atoms with van der Waals surface area (Å²) in [7, 11) is 0. The molecule has 0 atom stereocenters. The van der Waals surface area contributed by atoms with Crippen LogP contribution in [0.15, 0.2) is 29.4 Å². The van der Waals surface area contributed by atoms with E-state index in [4.69, 9.17) is 4.74 Å². The summed E-state index contributed by atoms with van der Waals surface area (Å²) in [6, 6.07) is 8.19. The molecule has 0 aliphatic carbocycles. The maximum atomic E-state index is 5.71. The molecule has 0 radical (unpaired) electrons. The third kappa shape index (κ3) is 5.24. The fourth-order valence-corrected chi connectivity index (χ4v) is 2.20.